The molecule has 0 aliphatic rings. The Morgan fingerprint density at radius 2 is 1.68 bits per heavy atom. The summed E-state index contributed by atoms with van der Waals surface area (Å²) in [4.78, 5) is 14.4. The van der Waals surface area contributed by atoms with Crippen molar-refractivity contribution in [3.8, 4) is 11.5 Å². The highest BCUT2D eigenvalue weighted by atomic mass is 32.7. The van der Waals surface area contributed by atoms with E-state index in [0.29, 0.717) is 10.9 Å². The van der Waals surface area contributed by atoms with Crippen molar-refractivity contribution in [3.05, 3.63) is 82.4 Å². The summed E-state index contributed by atoms with van der Waals surface area (Å²) < 4.78 is 66.0. The van der Waals surface area contributed by atoms with Crippen molar-refractivity contribution in [2.75, 3.05) is 5.75 Å². The topological polar surface area (TPSA) is 91.6 Å². The highest BCUT2D eigenvalue weighted by Crippen LogP contribution is 2.60. The quantitative estimate of drug-likeness (QED) is 0.110. The van der Waals surface area contributed by atoms with Crippen LogP contribution in [0.4, 0.5) is 18.9 Å². The van der Waals surface area contributed by atoms with Gasteiger partial charge in [0.15, 0.2) is 0 Å². The molecule has 0 saturated carbocycles. The highest BCUT2D eigenvalue weighted by Gasteiger charge is 2.36. The average Bonchev–Trinajstić information content (AvgIpc) is 2.77. The molecule has 7 nitrogen and oxygen atoms in total. The first-order valence-corrected chi connectivity index (χ1v) is 13.0. The summed E-state index contributed by atoms with van der Waals surface area (Å²) in [5.74, 6) is -0.0154. The Balaban J connectivity index is 1.76. The summed E-state index contributed by atoms with van der Waals surface area (Å²) in [7, 11) is 0. The number of hydrogen-bond donors (Lipinski definition) is 0. The maximum atomic E-state index is 13.9. The van der Waals surface area contributed by atoms with E-state index >= 15 is 0 Å². The fourth-order valence-corrected chi connectivity index (χ4v) is 6.23. The van der Waals surface area contributed by atoms with Crippen molar-refractivity contribution in [2.45, 2.75) is 13.1 Å². The molecule has 176 valence electrons. The van der Waals surface area contributed by atoms with Gasteiger partial charge in [0.05, 0.1) is 21.5 Å². The van der Waals surface area contributed by atoms with Gasteiger partial charge in [-0.1, -0.05) is 25.1 Å². The number of nitro benzene ring substituents is 1. The van der Waals surface area contributed by atoms with Gasteiger partial charge in [0, 0.05) is 28.7 Å². The van der Waals surface area contributed by atoms with Gasteiger partial charge in [-0.25, -0.2) is 9.55 Å². The van der Waals surface area contributed by atoms with Crippen LogP contribution < -0.4 is 9.05 Å². The van der Waals surface area contributed by atoms with Crippen LogP contribution in [-0.4, -0.2) is 15.7 Å². The molecule has 0 aliphatic carbocycles. The summed E-state index contributed by atoms with van der Waals surface area (Å²) in [5, 5.41) is 11.6. The molecule has 1 aromatic heterocycles. The van der Waals surface area contributed by atoms with Crippen LogP contribution in [0.15, 0.2) is 66.7 Å². The maximum absolute atomic E-state index is 13.9. The van der Waals surface area contributed by atoms with Crippen molar-refractivity contribution in [1.82, 2.24) is 4.98 Å². The molecule has 0 radical (unpaired) electrons. The Bertz CT molecular complexity index is 1430. The zero-order valence-electron chi connectivity index (χ0n) is 17.5. The van der Waals surface area contributed by atoms with Gasteiger partial charge in [-0.3, -0.25) is 10.1 Å². The first-order chi connectivity index (χ1) is 16.1. The molecule has 0 spiro atoms. The molecule has 4 aromatic rings. The number of hydrogen-bond acceptors (Lipinski definition) is 7. The Morgan fingerprint density at radius 3 is 2.32 bits per heavy atom. The van der Waals surface area contributed by atoms with Gasteiger partial charge in [0.1, 0.15) is 11.5 Å². The van der Waals surface area contributed by atoms with Gasteiger partial charge in [-0.05, 0) is 47.8 Å². The van der Waals surface area contributed by atoms with Crippen LogP contribution in [0.3, 0.4) is 0 Å². The lowest BCUT2D eigenvalue weighted by Gasteiger charge is -2.20. The molecular formula is C22H16F3N2O5PS. The molecule has 3 aromatic carbocycles. The smallest absolute Gasteiger partial charge is 0.408 e. The number of aromatic nitrogens is 1. The molecule has 1 unspecified atom stereocenters. The summed E-state index contributed by atoms with van der Waals surface area (Å²) in [5.41, 5.74) is -1.08. The summed E-state index contributed by atoms with van der Waals surface area (Å²) >= 11 is 0.781. The van der Waals surface area contributed by atoms with Gasteiger partial charge >= 0.3 is 13.0 Å². The lowest BCUT2D eigenvalue weighted by molar-refractivity contribution is -0.384. The van der Waals surface area contributed by atoms with Gasteiger partial charge in [-0.2, -0.15) is 13.2 Å². The lowest BCUT2D eigenvalue weighted by Crippen LogP contribution is -2.08. The molecule has 12 heteroatoms. The third kappa shape index (κ3) is 5.10. The Morgan fingerprint density at radius 1 is 1.00 bits per heavy atom. The van der Waals surface area contributed by atoms with E-state index in [0.717, 1.165) is 29.6 Å². The van der Waals surface area contributed by atoms with E-state index in [-0.39, 0.29) is 33.8 Å². The zero-order valence-corrected chi connectivity index (χ0v) is 19.2. The van der Waals surface area contributed by atoms with Crippen LogP contribution in [0.1, 0.15) is 12.5 Å². The number of nitrogens with zero attached hydrogens (tertiary/aromatic N) is 2. The Hall–Kier alpha value is -3.30. The van der Waals surface area contributed by atoms with Gasteiger partial charge in [0.2, 0.25) is 0 Å². The van der Waals surface area contributed by atoms with E-state index in [4.69, 9.17) is 9.05 Å². The normalized spacial score (nSPS) is 13.5. The number of pyridine rings is 1. The Labute approximate surface area is 195 Å². The van der Waals surface area contributed by atoms with Crippen molar-refractivity contribution in [1.29, 1.82) is 0 Å². The van der Waals surface area contributed by atoms with Crippen LogP contribution in [0.25, 0.3) is 21.8 Å². The second kappa shape index (κ2) is 9.15. The zero-order chi connectivity index (χ0) is 24.5. The minimum absolute atomic E-state index is 0.0133. The van der Waals surface area contributed by atoms with E-state index in [2.05, 4.69) is 4.98 Å². The molecule has 4 rings (SSSR count). The van der Waals surface area contributed by atoms with Gasteiger partial charge < -0.3 is 9.05 Å². The average molecular weight is 508 g/mol. The predicted octanol–water partition coefficient (Wildman–Crippen LogP) is 7.63. The summed E-state index contributed by atoms with van der Waals surface area (Å²) in [6.07, 6.45) is -4.74. The fraction of sp³-hybridized carbons (Fsp3) is 0.136. The van der Waals surface area contributed by atoms with Crippen molar-refractivity contribution >= 4 is 45.7 Å². The maximum Gasteiger partial charge on any atom is 0.492 e. The molecular weight excluding hydrogens is 492 g/mol. The second-order valence-electron chi connectivity index (χ2n) is 7.02. The largest absolute Gasteiger partial charge is 0.492 e. The van der Waals surface area contributed by atoms with Gasteiger partial charge in [0.25, 0.3) is 5.69 Å². The van der Waals surface area contributed by atoms with Crippen LogP contribution in [0, 0.1) is 10.1 Å². The van der Waals surface area contributed by atoms with Crippen LogP contribution in [-0.2, 0) is 10.7 Å². The van der Waals surface area contributed by atoms with Crippen molar-refractivity contribution in [2.24, 2.45) is 0 Å². The van der Waals surface area contributed by atoms with Crippen molar-refractivity contribution in [3.63, 3.8) is 0 Å². The SMILES string of the molecule is CCSP(=O)(Oc1ccc([N+](=O)[O-])cc1)Oc1cc(C(F)(F)F)c2nc3ccccc3cc2c1. The molecule has 1 atom stereocenters. The molecule has 0 amide bonds. The molecule has 0 N–H and O–H groups in total. The first-order valence-electron chi connectivity index (χ1n) is 9.87. The van der Waals surface area contributed by atoms with E-state index in [1.807, 2.05) is 0 Å². The first kappa shape index (κ1) is 23.8. The number of non-ortho nitro benzene ring substituents is 1. The number of benzene rings is 3. The second-order valence-corrected chi connectivity index (χ2v) is 11.2. The minimum Gasteiger partial charge on any atom is -0.408 e. The van der Waals surface area contributed by atoms with Crippen LogP contribution in [0.5, 0.6) is 11.5 Å². The highest BCUT2D eigenvalue weighted by molar-refractivity contribution is 8.55. The lowest BCUT2D eigenvalue weighted by atomic mass is 10.1. The Kier molecular flexibility index (Phi) is 6.42. The van der Waals surface area contributed by atoms with Gasteiger partial charge in [-0.15, -0.1) is 0 Å². The molecule has 0 aliphatic heterocycles. The third-order valence-corrected chi connectivity index (χ3v) is 8.28. The molecule has 1 heterocycles. The monoisotopic (exact) mass is 508 g/mol. The number of fused-ring (bicyclic) bond motifs is 2. The fourth-order valence-electron chi connectivity index (χ4n) is 3.25. The summed E-state index contributed by atoms with van der Waals surface area (Å²) in [6, 6.07) is 15.2. The van der Waals surface area contributed by atoms with Crippen LogP contribution in [0.2, 0.25) is 0 Å². The van der Waals surface area contributed by atoms with E-state index in [1.54, 1.807) is 37.3 Å². The number of para-hydroxylation sites is 1. The number of halogens is 3. The third-order valence-electron chi connectivity index (χ3n) is 4.67. The summed E-state index contributed by atoms with van der Waals surface area (Å²) in [6.45, 7) is -2.36. The molecule has 0 saturated heterocycles. The number of rotatable bonds is 7. The minimum atomic E-state index is -4.74. The molecule has 0 fully saturated rings. The van der Waals surface area contributed by atoms with E-state index in [1.165, 1.54) is 18.2 Å². The van der Waals surface area contributed by atoms with E-state index < -0.39 is 23.5 Å². The number of nitro groups is 1. The molecule has 0 bridgehead atoms. The molecule has 34 heavy (non-hydrogen) atoms. The van der Waals surface area contributed by atoms with E-state index in [9.17, 15) is 27.9 Å². The van der Waals surface area contributed by atoms with Crippen LogP contribution >= 0.6 is 18.2 Å². The van der Waals surface area contributed by atoms with Crippen molar-refractivity contribution < 1.29 is 31.7 Å². The predicted molar refractivity (Wildman–Crippen MR) is 124 cm³/mol. The standard InChI is InChI=1S/C22H16F3N2O5PS/c1-2-34-33(30,31-17-9-7-16(8-10-17)27(28)29)32-18-12-15-11-14-5-3-4-6-20(14)26-21(15)19(13-18)22(23,24)25/h3-13H,2H2,1H3. The number of alkyl halides is 3.